The van der Waals surface area contributed by atoms with E-state index in [1.54, 1.807) is 48.5 Å². The second-order valence-corrected chi connectivity index (χ2v) is 5.78. The van der Waals surface area contributed by atoms with E-state index in [0.717, 1.165) is 0 Å². The highest BCUT2D eigenvalue weighted by atomic mass is 16.3. The number of hydrogen-bond donors (Lipinski definition) is 2. The van der Waals surface area contributed by atoms with Crippen molar-refractivity contribution in [2.45, 2.75) is 13.8 Å². The van der Waals surface area contributed by atoms with Gasteiger partial charge in [0.25, 0.3) is 0 Å². The van der Waals surface area contributed by atoms with Crippen molar-refractivity contribution in [3.63, 3.8) is 0 Å². The van der Waals surface area contributed by atoms with Gasteiger partial charge in [-0.1, -0.05) is 30.3 Å². The highest BCUT2D eigenvalue weighted by Gasteiger charge is 2.06. The Labute approximate surface area is 152 Å². The lowest BCUT2D eigenvalue weighted by Gasteiger charge is -2.05. The molecule has 1 aromatic heterocycles. The van der Waals surface area contributed by atoms with E-state index in [-0.39, 0.29) is 11.5 Å². The van der Waals surface area contributed by atoms with Crippen molar-refractivity contribution in [1.29, 1.82) is 0 Å². The van der Waals surface area contributed by atoms with Gasteiger partial charge < -0.3 is 10.2 Å². The molecular formula is C21H19N3O2. The van der Waals surface area contributed by atoms with Crippen LogP contribution in [0.3, 0.4) is 0 Å². The third-order valence-electron chi connectivity index (χ3n) is 3.87. The van der Waals surface area contributed by atoms with E-state index in [4.69, 9.17) is 0 Å². The first-order chi connectivity index (χ1) is 12.5. The van der Waals surface area contributed by atoms with Gasteiger partial charge in [-0.15, -0.1) is 0 Å². The van der Waals surface area contributed by atoms with E-state index in [1.807, 2.05) is 32.0 Å². The Morgan fingerprint density at radius 1 is 0.654 bits per heavy atom. The number of phenolic OH excluding ortho intramolecular Hbond substituents is 2. The second kappa shape index (κ2) is 7.61. The minimum Gasteiger partial charge on any atom is -0.507 e. The summed E-state index contributed by atoms with van der Waals surface area (Å²) in [5.41, 5.74) is 2.64. The molecule has 1 heterocycles. The van der Waals surface area contributed by atoms with Crippen molar-refractivity contribution >= 4 is 23.1 Å². The zero-order chi connectivity index (χ0) is 18.5. The summed E-state index contributed by atoms with van der Waals surface area (Å²) in [5, 5.41) is 19.9. The van der Waals surface area contributed by atoms with Gasteiger partial charge in [-0.05, 0) is 50.2 Å². The maximum atomic E-state index is 9.94. The molecule has 0 radical (unpaired) electrons. The minimum absolute atomic E-state index is 0.179. The summed E-state index contributed by atoms with van der Waals surface area (Å²) >= 11 is 0. The molecular weight excluding hydrogens is 326 g/mol. The number of para-hydroxylation sites is 2. The van der Waals surface area contributed by atoms with E-state index in [0.29, 0.717) is 34.2 Å². The molecule has 2 aromatic carbocycles. The molecule has 2 N–H and O–H groups in total. The van der Waals surface area contributed by atoms with Crippen LogP contribution in [0.5, 0.6) is 11.5 Å². The molecule has 3 aromatic rings. The summed E-state index contributed by atoms with van der Waals surface area (Å²) in [6, 6.07) is 19.4. The summed E-state index contributed by atoms with van der Waals surface area (Å²) in [6.45, 7) is 3.64. The number of pyridine rings is 1. The van der Waals surface area contributed by atoms with Crippen LogP contribution in [-0.4, -0.2) is 26.6 Å². The molecule has 0 fully saturated rings. The van der Waals surface area contributed by atoms with Crippen LogP contribution >= 0.6 is 0 Å². The van der Waals surface area contributed by atoms with Gasteiger partial charge in [0.15, 0.2) is 11.6 Å². The van der Waals surface area contributed by atoms with Crippen molar-refractivity contribution in [2.75, 3.05) is 0 Å². The van der Waals surface area contributed by atoms with Crippen molar-refractivity contribution < 1.29 is 10.2 Å². The van der Waals surface area contributed by atoms with Gasteiger partial charge in [-0.2, -0.15) is 0 Å². The van der Waals surface area contributed by atoms with E-state index in [2.05, 4.69) is 15.0 Å². The topological polar surface area (TPSA) is 78.1 Å². The minimum atomic E-state index is 0.179. The predicted octanol–water partition coefficient (Wildman–Crippen LogP) is 4.77. The molecule has 0 aliphatic carbocycles. The molecule has 0 bridgehead atoms. The lowest BCUT2D eigenvalue weighted by molar-refractivity contribution is 0.473. The van der Waals surface area contributed by atoms with Gasteiger partial charge in [-0.25, -0.2) is 15.0 Å². The van der Waals surface area contributed by atoms with Crippen LogP contribution < -0.4 is 0 Å². The fourth-order valence-corrected chi connectivity index (χ4v) is 2.56. The lowest BCUT2D eigenvalue weighted by Crippen LogP contribution is -1.96. The Balaban J connectivity index is 1.92. The Morgan fingerprint density at radius 2 is 1.08 bits per heavy atom. The number of aromatic nitrogens is 1. The molecule has 0 aliphatic rings. The van der Waals surface area contributed by atoms with Gasteiger partial charge in [0.2, 0.25) is 0 Å². The molecule has 0 spiro atoms. The number of nitrogens with zero attached hydrogens (tertiary/aromatic N) is 3. The average Bonchev–Trinajstić information content (AvgIpc) is 2.62. The van der Waals surface area contributed by atoms with Crippen LogP contribution in [-0.2, 0) is 0 Å². The second-order valence-electron chi connectivity index (χ2n) is 5.78. The Morgan fingerprint density at radius 3 is 1.50 bits per heavy atom. The molecule has 0 atom stereocenters. The van der Waals surface area contributed by atoms with Crippen molar-refractivity contribution in [3.05, 3.63) is 77.9 Å². The van der Waals surface area contributed by atoms with E-state index >= 15 is 0 Å². The summed E-state index contributed by atoms with van der Waals surface area (Å²) in [6.07, 6.45) is 0. The third-order valence-corrected chi connectivity index (χ3v) is 3.87. The third kappa shape index (κ3) is 3.95. The number of rotatable bonds is 4. The van der Waals surface area contributed by atoms with Crippen LogP contribution in [0.15, 0.2) is 76.7 Å². The Kier molecular flexibility index (Phi) is 5.08. The van der Waals surface area contributed by atoms with E-state index in [1.165, 1.54) is 0 Å². The fourth-order valence-electron chi connectivity index (χ4n) is 2.56. The van der Waals surface area contributed by atoms with Crippen molar-refractivity contribution in [1.82, 2.24) is 4.98 Å². The Hall–Kier alpha value is -3.47. The van der Waals surface area contributed by atoms with Crippen LogP contribution in [0.4, 0.5) is 11.6 Å². The first-order valence-electron chi connectivity index (χ1n) is 8.19. The number of hydrogen-bond acceptors (Lipinski definition) is 5. The summed E-state index contributed by atoms with van der Waals surface area (Å²) in [7, 11) is 0. The maximum absolute atomic E-state index is 9.94. The highest BCUT2D eigenvalue weighted by Crippen LogP contribution is 2.22. The summed E-state index contributed by atoms with van der Waals surface area (Å²) < 4.78 is 0. The molecule has 5 heteroatoms. The normalized spacial score (nSPS) is 12.2. The van der Waals surface area contributed by atoms with Crippen LogP contribution in [0.1, 0.15) is 25.0 Å². The van der Waals surface area contributed by atoms with E-state index < -0.39 is 0 Å². The maximum Gasteiger partial charge on any atom is 0.154 e. The quantitative estimate of drug-likeness (QED) is 0.668. The smallest absolute Gasteiger partial charge is 0.154 e. The fraction of sp³-hybridized carbons (Fsp3) is 0.0952. The number of aromatic hydroxyl groups is 2. The first kappa shape index (κ1) is 17.4. The van der Waals surface area contributed by atoms with E-state index in [9.17, 15) is 10.2 Å². The Bertz CT molecular complexity index is 917. The molecule has 3 rings (SSSR count). The molecule has 0 aliphatic heterocycles. The molecule has 130 valence electrons. The highest BCUT2D eigenvalue weighted by molar-refractivity contribution is 6.03. The monoisotopic (exact) mass is 345 g/mol. The average molecular weight is 345 g/mol. The standard InChI is InChI=1S/C21H19N3O2/c1-14(16-8-3-5-10-18(16)25)22-20-12-7-13-21(24-20)23-15(2)17-9-4-6-11-19(17)26/h3-13,25-26H,1-2H3. The van der Waals surface area contributed by atoms with Crippen LogP contribution in [0.2, 0.25) is 0 Å². The molecule has 0 saturated heterocycles. The summed E-state index contributed by atoms with van der Waals surface area (Å²) in [5.74, 6) is 1.35. The van der Waals surface area contributed by atoms with Crippen LogP contribution in [0, 0.1) is 0 Å². The summed E-state index contributed by atoms with van der Waals surface area (Å²) in [4.78, 5) is 13.4. The van der Waals surface area contributed by atoms with Gasteiger partial charge in [0.1, 0.15) is 11.5 Å². The van der Waals surface area contributed by atoms with Gasteiger partial charge >= 0.3 is 0 Å². The number of benzene rings is 2. The number of phenols is 2. The first-order valence-corrected chi connectivity index (χ1v) is 8.19. The SMILES string of the molecule is CC(=Nc1cccc(N=C(C)c2ccccc2O)n1)c1ccccc1O. The van der Waals surface area contributed by atoms with Crippen molar-refractivity contribution in [3.8, 4) is 11.5 Å². The molecule has 0 saturated carbocycles. The molecule has 26 heavy (non-hydrogen) atoms. The molecule has 0 unspecified atom stereocenters. The lowest BCUT2D eigenvalue weighted by atomic mass is 10.1. The zero-order valence-electron chi connectivity index (χ0n) is 14.6. The molecule has 0 amide bonds. The van der Waals surface area contributed by atoms with Gasteiger partial charge in [0.05, 0.1) is 11.4 Å². The predicted molar refractivity (Wildman–Crippen MR) is 104 cm³/mol. The molecule has 5 nitrogen and oxygen atoms in total. The van der Waals surface area contributed by atoms with Crippen molar-refractivity contribution in [2.24, 2.45) is 9.98 Å². The zero-order valence-corrected chi connectivity index (χ0v) is 14.6. The number of aliphatic imine (C=N–C) groups is 2. The van der Waals surface area contributed by atoms with Crippen LogP contribution in [0.25, 0.3) is 0 Å². The largest absolute Gasteiger partial charge is 0.507 e. The van der Waals surface area contributed by atoms with Gasteiger partial charge in [0, 0.05) is 11.1 Å². The van der Waals surface area contributed by atoms with Gasteiger partial charge in [-0.3, -0.25) is 0 Å².